The number of fused-ring (bicyclic) bond motifs is 1. The molecule has 2 aromatic heterocycles. The summed E-state index contributed by atoms with van der Waals surface area (Å²) in [6, 6.07) is 13.5. The van der Waals surface area contributed by atoms with Gasteiger partial charge in [0.2, 0.25) is 0 Å². The van der Waals surface area contributed by atoms with Crippen molar-refractivity contribution in [3.05, 3.63) is 77.0 Å². The molecule has 0 aliphatic carbocycles. The fourth-order valence-electron chi connectivity index (χ4n) is 3.25. The molecule has 2 heterocycles. The highest BCUT2D eigenvalue weighted by Gasteiger charge is 2.17. The van der Waals surface area contributed by atoms with Crippen molar-refractivity contribution in [3.8, 4) is 17.1 Å². The fraction of sp³-hybridized carbons (Fsp3) is 0.174. The van der Waals surface area contributed by atoms with Crippen molar-refractivity contribution in [2.75, 3.05) is 5.32 Å². The Morgan fingerprint density at radius 2 is 1.77 bits per heavy atom. The first-order chi connectivity index (χ1) is 14.9. The number of hydrogen-bond acceptors (Lipinski definition) is 6. The van der Waals surface area contributed by atoms with Gasteiger partial charge < -0.3 is 10.4 Å². The Morgan fingerprint density at radius 1 is 1.06 bits per heavy atom. The van der Waals surface area contributed by atoms with E-state index in [4.69, 9.17) is 0 Å². The summed E-state index contributed by atoms with van der Waals surface area (Å²) in [5.41, 5.74) is 0.986. The third-order valence-electron chi connectivity index (χ3n) is 4.63. The zero-order valence-corrected chi connectivity index (χ0v) is 17.1. The van der Waals surface area contributed by atoms with Crippen molar-refractivity contribution in [2.24, 2.45) is 5.92 Å². The van der Waals surface area contributed by atoms with Crippen LogP contribution >= 0.6 is 0 Å². The van der Waals surface area contributed by atoms with E-state index in [9.17, 15) is 14.7 Å². The number of aromatic nitrogens is 4. The van der Waals surface area contributed by atoms with Gasteiger partial charge in [-0.25, -0.2) is 14.6 Å². The monoisotopic (exact) mass is 415 g/mol. The number of carbonyl (C=O) groups excluding carboxylic acids is 1. The number of carbonyl (C=O) groups is 1. The molecule has 4 aromatic rings. The molecule has 4 rings (SSSR count). The molecule has 0 radical (unpaired) electrons. The van der Waals surface area contributed by atoms with Gasteiger partial charge in [-0.2, -0.15) is 5.10 Å². The first-order valence-electron chi connectivity index (χ1n) is 9.85. The molecular weight excluding hydrogens is 394 g/mol. The number of hydrogen-bond donors (Lipinski definition) is 2. The van der Waals surface area contributed by atoms with E-state index in [1.165, 1.54) is 17.1 Å². The number of phenolic OH excluding ortho intramolecular Hbond substituents is 1. The van der Waals surface area contributed by atoms with Crippen molar-refractivity contribution in [1.29, 1.82) is 0 Å². The lowest BCUT2D eigenvalue weighted by Crippen LogP contribution is -2.29. The van der Waals surface area contributed by atoms with E-state index in [1.807, 2.05) is 13.8 Å². The molecule has 8 heteroatoms. The highest BCUT2D eigenvalue weighted by atomic mass is 16.3. The highest BCUT2D eigenvalue weighted by Crippen LogP contribution is 2.21. The Kier molecular flexibility index (Phi) is 5.44. The van der Waals surface area contributed by atoms with Crippen LogP contribution in [0.2, 0.25) is 0 Å². The molecule has 2 aromatic carbocycles. The van der Waals surface area contributed by atoms with Gasteiger partial charge in [0, 0.05) is 17.5 Å². The quantitative estimate of drug-likeness (QED) is 0.516. The van der Waals surface area contributed by atoms with Gasteiger partial charge in [-0.3, -0.25) is 9.59 Å². The Labute approximate surface area is 178 Å². The van der Waals surface area contributed by atoms with Crippen molar-refractivity contribution >= 4 is 22.4 Å². The van der Waals surface area contributed by atoms with Gasteiger partial charge in [-0.05, 0) is 24.1 Å². The van der Waals surface area contributed by atoms with Gasteiger partial charge in [0.15, 0.2) is 11.5 Å². The van der Waals surface area contributed by atoms with Crippen LogP contribution in [0, 0.1) is 5.92 Å². The summed E-state index contributed by atoms with van der Waals surface area (Å²) in [5, 5.41) is 17.6. The lowest BCUT2D eigenvalue weighted by molar-refractivity contribution is 0.102. The normalized spacial score (nSPS) is 11.1. The molecule has 2 N–H and O–H groups in total. The molecule has 0 aliphatic heterocycles. The number of rotatable bonds is 5. The number of benzene rings is 2. The molecular formula is C23H21N5O3. The molecule has 31 heavy (non-hydrogen) atoms. The second-order valence-corrected chi connectivity index (χ2v) is 7.58. The number of aromatic hydroxyl groups is 1. The average molecular weight is 415 g/mol. The van der Waals surface area contributed by atoms with Gasteiger partial charge >= 0.3 is 0 Å². The van der Waals surface area contributed by atoms with Gasteiger partial charge in [-0.1, -0.05) is 44.2 Å². The standard InChI is InChI=1S/C23H21N5O3/c1-14(2)13-28-23(31)19-9-4-3-8-18(19)20(27-28)22(30)26-16-11-24-21(25-12-16)15-6-5-7-17(29)10-15/h3-12,14,29H,13H2,1-2H3,(H,26,30). The predicted octanol–water partition coefficient (Wildman–Crippen LogP) is 3.47. The Bertz CT molecular complexity index is 1310. The van der Waals surface area contributed by atoms with Crippen LogP contribution in [0.5, 0.6) is 5.75 Å². The van der Waals surface area contributed by atoms with E-state index in [0.717, 1.165) is 0 Å². The molecule has 0 atom stereocenters. The zero-order chi connectivity index (χ0) is 22.0. The predicted molar refractivity (Wildman–Crippen MR) is 118 cm³/mol. The molecule has 8 nitrogen and oxygen atoms in total. The molecule has 0 fully saturated rings. The summed E-state index contributed by atoms with van der Waals surface area (Å²) < 4.78 is 1.34. The number of phenols is 1. The lowest BCUT2D eigenvalue weighted by Gasteiger charge is -2.12. The van der Waals surface area contributed by atoms with Crippen LogP contribution in [0.15, 0.2) is 65.7 Å². The molecule has 156 valence electrons. The largest absolute Gasteiger partial charge is 0.508 e. The second kappa shape index (κ2) is 8.35. The van der Waals surface area contributed by atoms with Crippen molar-refractivity contribution in [2.45, 2.75) is 20.4 Å². The first-order valence-corrected chi connectivity index (χ1v) is 9.85. The summed E-state index contributed by atoms with van der Waals surface area (Å²) >= 11 is 0. The third-order valence-corrected chi connectivity index (χ3v) is 4.63. The van der Waals surface area contributed by atoms with E-state index in [-0.39, 0.29) is 22.9 Å². The second-order valence-electron chi connectivity index (χ2n) is 7.58. The fourth-order valence-corrected chi connectivity index (χ4v) is 3.25. The van der Waals surface area contributed by atoms with Crippen LogP contribution in [0.4, 0.5) is 5.69 Å². The number of nitrogens with one attached hydrogen (secondary N) is 1. The van der Waals surface area contributed by atoms with Gasteiger partial charge in [0.25, 0.3) is 11.5 Å². The summed E-state index contributed by atoms with van der Waals surface area (Å²) in [6.07, 6.45) is 2.97. The maximum absolute atomic E-state index is 13.0. The molecule has 1 amide bonds. The topological polar surface area (TPSA) is 110 Å². The number of anilines is 1. The summed E-state index contributed by atoms with van der Waals surface area (Å²) in [6.45, 7) is 4.37. The zero-order valence-electron chi connectivity index (χ0n) is 17.1. The smallest absolute Gasteiger partial charge is 0.276 e. The van der Waals surface area contributed by atoms with E-state index in [0.29, 0.717) is 34.4 Å². The van der Waals surface area contributed by atoms with Gasteiger partial charge in [-0.15, -0.1) is 0 Å². The Morgan fingerprint density at radius 3 is 2.45 bits per heavy atom. The first kappa shape index (κ1) is 20.2. The summed E-state index contributed by atoms with van der Waals surface area (Å²) in [4.78, 5) is 34.2. The minimum Gasteiger partial charge on any atom is -0.508 e. The lowest BCUT2D eigenvalue weighted by atomic mass is 10.1. The molecule has 0 spiro atoms. The summed E-state index contributed by atoms with van der Waals surface area (Å²) in [5.74, 6) is 0.277. The Balaban J connectivity index is 1.65. The Hall–Kier alpha value is -4.07. The summed E-state index contributed by atoms with van der Waals surface area (Å²) in [7, 11) is 0. The van der Waals surface area contributed by atoms with Crippen molar-refractivity contribution in [3.63, 3.8) is 0 Å². The van der Waals surface area contributed by atoms with E-state index < -0.39 is 5.91 Å². The number of nitrogens with zero attached hydrogens (tertiary/aromatic N) is 4. The van der Waals surface area contributed by atoms with Crippen LogP contribution < -0.4 is 10.9 Å². The van der Waals surface area contributed by atoms with E-state index in [1.54, 1.807) is 48.5 Å². The number of amides is 1. The van der Waals surface area contributed by atoms with E-state index >= 15 is 0 Å². The molecule has 0 bridgehead atoms. The van der Waals surface area contributed by atoms with Crippen molar-refractivity contribution in [1.82, 2.24) is 19.7 Å². The molecule has 0 unspecified atom stereocenters. The molecule has 0 aliphatic rings. The molecule has 0 saturated heterocycles. The minimum atomic E-state index is -0.456. The van der Waals surface area contributed by atoms with Crippen LogP contribution in [0.25, 0.3) is 22.2 Å². The van der Waals surface area contributed by atoms with Gasteiger partial charge in [0.05, 0.1) is 23.5 Å². The minimum absolute atomic E-state index is 0.118. The van der Waals surface area contributed by atoms with Crippen LogP contribution in [-0.2, 0) is 6.54 Å². The third kappa shape index (κ3) is 4.28. The SMILES string of the molecule is CC(C)Cn1nc(C(=O)Nc2cnc(-c3cccc(O)c3)nc2)c2ccccc2c1=O. The maximum atomic E-state index is 13.0. The van der Waals surface area contributed by atoms with Crippen molar-refractivity contribution < 1.29 is 9.90 Å². The van der Waals surface area contributed by atoms with E-state index in [2.05, 4.69) is 20.4 Å². The molecule has 0 saturated carbocycles. The average Bonchev–Trinajstić information content (AvgIpc) is 2.76. The van der Waals surface area contributed by atoms with Crippen LogP contribution in [0.3, 0.4) is 0 Å². The van der Waals surface area contributed by atoms with Crippen LogP contribution in [-0.4, -0.2) is 30.8 Å². The van der Waals surface area contributed by atoms with Crippen LogP contribution in [0.1, 0.15) is 24.3 Å². The van der Waals surface area contributed by atoms with Gasteiger partial charge in [0.1, 0.15) is 5.75 Å². The highest BCUT2D eigenvalue weighted by molar-refractivity contribution is 6.11. The maximum Gasteiger partial charge on any atom is 0.276 e.